The second-order valence-electron chi connectivity index (χ2n) is 5.59. The maximum Gasteiger partial charge on any atom is 0.419 e. The summed E-state index contributed by atoms with van der Waals surface area (Å²) < 4.78 is 57.0. The lowest BCUT2D eigenvalue weighted by molar-refractivity contribution is -0.141. The molecule has 148 valence electrons. The summed E-state index contributed by atoms with van der Waals surface area (Å²) in [6.45, 7) is 4.93. The molecule has 0 aliphatic carbocycles. The average molecular weight is 387 g/mol. The summed E-state index contributed by atoms with van der Waals surface area (Å²) in [7, 11) is 0. The molecule has 0 spiro atoms. The minimum atomic E-state index is -4.83. The average Bonchev–Trinajstić information content (AvgIpc) is 2.55. The number of nitrogens with two attached hydrogens (primary N) is 1. The van der Waals surface area contributed by atoms with Gasteiger partial charge in [0.05, 0.1) is 12.2 Å². The third-order valence-electron chi connectivity index (χ3n) is 3.56. The van der Waals surface area contributed by atoms with Gasteiger partial charge < -0.3 is 15.6 Å². The highest BCUT2D eigenvalue weighted by Crippen LogP contribution is 2.39. The van der Waals surface area contributed by atoms with Gasteiger partial charge >= 0.3 is 12.1 Å². The Morgan fingerprint density at radius 3 is 2.30 bits per heavy atom. The van der Waals surface area contributed by atoms with Crippen LogP contribution in [0, 0.1) is 12.7 Å². The third kappa shape index (κ3) is 5.96. The number of hydrogen-bond acceptors (Lipinski definition) is 4. The monoisotopic (exact) mass is 387 g/mol. The zero-order valence-corrected chi connectivity index (χ0v) is 15.2. The molecule has 0 fully saturated rings. The van der Waals surface area contributed by atoms with E-state index in [4.69, 9.17) is 5.73 Å². The van der Waals surface area contributed by atoms with Crippen LogP contribution in [-0.2, 0) is 22.3 Å². The zero-order valence-electron chi connectivity index (χ0n) is 15.2. The van der Waals surface area contributed by atoms with Crippen molar-refractivity contribution in [3.63, 3.8) is 0 Å². The van der Waals surface area contributed by atoms with Gasteiger partial charge in [0.15, 0.2) is 0 Å². The van der Waals surface area contributed by atoms with Crippen molar-refractivity contribution in [3.05, 3.63) is 52.8 Å². The summed E-state index contributed by atoms with van der Waals surface area (Å²) in [6.07, 6.45) is -4.83. The highest BCUT2D eigenvalue weighted by atomic mass is 19.4. The molecule has 0 aliphatic heterocycles. The maximum absolute atomic E-state index is 13.8. The van der Waals surface area contributed by atoms with Crippen molar-refractivity contribution in [1.29, 1.82) is 0 Å². The van der Waals surface area contributed by atoms with Gasteiger partial charge in [-0.25, -0.2) is 4.39 Å². The van der Waals surface area contributed by atoms with Gasteiger partial charge in [-0.2, -0.15) is 13.2 Å². The van der Waals surface area contributed by atoms with Crippen LogP contribution in [0.2, 0.25) is 0 Å². The highest BCUT2D eigenvalue weighted by Gasteiger charge is 2.35. The fourth-order valence-corrected chi connectivity index (χ4v) is 2.41. The maximum atomic E-state index is 13.8. The molecular formula is C19H21F4NO3. The van der Waals surface area contributed by atoms with Gasteiger partial charge in [0.2, 0.25) is 0 Å². The van der Waals surface area contributed by atoms with Gasteiger partial charge in [-0.3, -0.25) is 4.79 Å². The number of alkyl halides is 3. The first-order valence-corrected chi connectivity index (χ1v) is 8.04. The molecule has 8 heteroatoms. The summed E-state index contributed by atoms with van der Waals surface area (Å²) in [4.78, 5) is 9.82. The fraction of sp³-hybridized carbons (Fsp3) is 0.316. The van der Waals surface area contributed by atoms with Crippen molar-refractivity contribution in [3.8, 4) is 16.9 Å². The van der Waals surface area contributed by atoms with Crippen LogP contribution in [0.4, 0.5) is 17.6 Å². The molecule has 0 saturated heterocycles. The Morgan fingerprint density at radius 1 is 1.26 bits per heavy atom. The number of benzene rings is 2. The quantitative estimate of drug-likeness (QED) is 0.599. The van der Waals surface area contributed by atoms with Crippen molar-refractivity contribution in [1.82, 2.24) is 0 Å². The Morgan fingerprint density at radius 2 is 1.89 bits per heavy atom. The molecule has 0 saturated carbocycles. The summed E-state index contributed by atoms with van der Waals surface area (Å²) >= 11 is 0. The normalized spacial score (nSPS) is 10.8. The van der Waals surface area contributed by atoms with Crippen LogP contribution in [0.5, 0.6) is 5.75 Å². The van der Waals surface area contributed by atoms with E-state index in [0.717, 1.165) is 0 Å². The number of phenolic OH excluding ortho intramolecular Hbond substituents is 1. The van der Waals surface area contributed by atoms with Crippen molar-refractivity contribution >= 4 is 5.97 Å². The first-order chi connectivity index (χ1) is 12.5. The Kier molecular flexibility index (Phi) is 7.78. The predicted molar refractivity (Wildman–Crippen MR) is 93.4 cm³/mol. The molecule has 3 N–H and O–H groups in total. The van der Waals surface area contributed by atoms with Crippen molar-refractivity contribution in [2.45, 2.75) is 33.5 Å². The van der Waals surface area contributed by atoms with Crippen LogP contribution < -0.4 is 5.73 Å². The number of carbonyl (C=O) groups excluding carboxylic acids is 1. The van der Waals surface area contributed by atoms with Crippen LogP contribution in [0.1, 0.15) is 30.5 Å². The Labute approximate surface area is 154 Å². The summed E-state index contributed by atoms with van der Waals surface area (Å²) in [6, 6.07) is 6.50. The summed E-state index contributed by atoms with van der Waals surface area (Å²) in [5.74, 6) is -1.75. The number of phenols is 1. The van der Waals surface area contributed by atoms with E-state index < -0.39 is 17.6 Å². The predicted octanol–water partition coefficient (Wildman–Crippen LogP) is 4.55. The lowest BCUT2D eigenvalue weighted by Crippen LogP contribution is -2.12. The number of aryl methyl sites for hydroxylation is 1. The van der Waals surface area contributed by atoms with Crippen LogP contribution in [0.3, 0.4) is 0 Å². The van der Waals surface area contributed by atoms with E-state index >= 15 is 0 Å². The number of rotatable bonds is 3. The van der Waals surface area contributed by atoms with E-state index in [1.165, 1.54) is 19.1 Å². The van der Waals surface area contributed by atoms with Gasteiger partial charge in [0.1, 0.15) is 11.6 Å². The Balaban J connectivity index is 0.000000527. The van der Waals surface area contributed by atoms with Crippen LogP contribution in [0.25, 0.3) is 11.1 Å². The zero-order chi connectivity index (χ0) is 20.8. The number of carbonyl (C=O) groups is 1. The van der Waals surface area contributed by atoms with Crippen LogP contribution in [0.15, 0.2) is 30.3 Å². The smallest absolute Gasteiger partial charge is 0.419 e. The molecule has 2 rings (SSSR count). The SMILES string of the molecule is CCOC(C)=O.Cc1cccc(O)c1-c1cc(CN)c(F)c(C(F)(F)F)c1. The van der Waals surface area contributed by atoms with Gasteiger partial charge in [-0.05, 0) is 43.2 Å². The first kappa shape index (κ1) is 22.4. The molecule has 4 nitrogen and oxygen atoms in total. The van der Waals surface area contributed by atoms with Gasteiger partial charge in [-0.1, -0.05) is 12.1 Å². The van der Waals surface area contributed by atoms with Crippen LogP contribution in [-0.4, -0.2) is 17.7 Å². The molecule has 0 bridgehead atoms. The molecular weight excluding hydrogens is 366 g/mol. The number of halogens is 4. The molecule has 0 heterocycles. The van der Waals surface area contributed by atoms with E-state index in [-0.39, 0.29) is 35.0 Å². The van der Waals surface area contributed by atoms with Crippen molar-refractivity contribution < 1.29 is 32.2 Å². The molecule has 0 aromatic heterocycles. The molecule has 27 heavy (non-hydrogen) atoms. The minimum absolute atomic E-state index is 0.0831. The van der Waals surface area contributed by atoms with E-state index in [1.807, 2.05) is 0 Å². The number of aromatic hydroxyl groups is 1. The number of esters is 1. The Bertz CT molecular complexity index is 784. The van der Waals surface area contributed by atoms with Crippen molar-refractivity contribution in [2.75, 3.05) is 6.61 Å². The summed E-state index contributed by atoms with van der Waals surface area (Å²) in [5.41, 5.74) is 4.58. The third-order valence-corrected chi connectivity index (χ3v) is 3.56. The molecule has 2 aromatic carbocycles. The second kappa shape index (κ2) is 9.36. The van der Waals surface area contributed by atoms with Crippen LogP contribution >= 0.6 is 0 Å². The van der Waals surface area contributed by atoms with E-state index in [2.05, 4.69) is 4.74 Å². The molecule has 0 atom stereocenters. The fourth-order valence-electron chi connectivity index (χ4n) is 2.41. The standard InChI is InChI=1S/C15H13F4NO.C4H8O2/c1-8-3-2-4-12(21)13(8)9-5-10(7-20)14(16)11(6-9)15(17,18)19;1-3-6-4(2)5/h2-6,21H,7,20H2,1H3;3H2,1-2H3. The van der Waals surface area contributed by atoms with Gasteiger partial charge in [0.25, 0.3) is 0 Å². The lowest BCUT2D eigenvalue weighted by atomic mass is 9.95. The van der Waals surface area contributed by atoms with Gasteiger partial charge in [0, 0.05) is 24.6 Å². The molecule has 0 unspecified atom stereocenters. The van der Waals surface area contributed by atoms with Gasteiger partial charge in [-0.15, -0.1) is 0 Å². The largest absolute Gasteiger partial charge is 0.507 e. The summed E-state index contributed by atoms with van der Waals surface area (Å²) in [5, 5.41) is 9.87. The van der Waals surface area contributed by atoms with E-state index in [9.17, 15) is 27.5 Å². The molecule has 2 aromatic rings. The topological polar surface area (TPSA) is 72.5 Å². The Hall–Kier alpha value is -2.61. The molecule has 0 aliphatic rings. The van der Waals surface area contributed by atoms with E-state index in [0.29, 0.717) is 18.2 Å². The first-order valence-electron chi connectivity index (χ1n) is 8.04. The minimum Gasteiger partial charge on any atom is -0.507 e. The van der Waals surface area contributed by atoms with Crippen molar-refractivity contribution in [2.24, 2.45) is 5.73 Å². The lowest BCUT2D eigenvalue weighted by Gasteiger charge is -2.15. The molecule has 0 radical (unpaired) electrons. The highest BCUT2D eigenvalue weighted by molar-refractivity contribution is 5.74. The number of ether oxygens (including phenoxy) is 1. The van der Waals surface area contributed by atoms with E-state index in [1.54, 1.807) is 26.0 Å². The molecule has 0 amide bonds. The second-order valence-corrected chi connectivity index (χ2v) is 5.59. The number of hydrogen-bond donors (Lipinski definition) is 2.